The van der Waals surface area contributed by atoms with Crippen molar-refractivity contribution in [2.24, 2.45) is 0 Å². The SMILES string of the molecule is Cc1ccc(C2C(C(=O)c3sc(-c4ccccc4)nc3C)=C(O)C(=O)N2CCCOC(C)C)o1. The van der Waals surface area contributed by atoms with Gasteiger partial charge in [-0.3, -0.25) is 9.59 Å². The number of aryl methyl sites for hydroxylation is 2. The molecular weight excluding hydrogens is 452 g/mol. The molecule has 2 aromatic heterocycles. The van der Waals surface area contributed by atoms with E-state index in [1.165, 1.54) is 16.2 Å². The van der Waals surface area contributed by atoms with Crippen LogP contribution in [0.4, 0.5) is 0 Å². The van der Waals surface area contributed by atoms with Crippen molar-refractivity contribution < 1.29 is 23.8 Å². The number of benzene rings is 1. The second-order valence-corrected chi connectivity index (χ2v) is 9.51. The summed E-state index contributed by atoms with van der Waals surface area (Å²) in [6, 6.07) is 12.3. The van der Waals surface area contributed by atoms with E-state index in [9.17, 15) is 14.7 Å². The molecule has 8 heteroatoms. The first kappa shape index (κ1) is 23.9. The number of amides is 1. The Hall–Kier alpha value is -3.23. The van der Waals surface area contributed by atoms with Crippen LogP contribution in [0.25, 0.3) is 10.6 Å². The Kier molecular flexibility index (Phi) is 7.00. The number of hydrogen-bond acceptors (Lipinski definition) is 7. The normalized spacial score (nSPS) is 16.2. The van der Waals surface area contributed by atoms with Gasteiger partial charge < -0.3 is 19.2 Å². The van der Waals surface area contributed by atoms with E-state index in [0.29, 0.717) is 46.7 Å². The fourth-order valence-electron chi connectivity index (χ4n) is 4.00. The highest BCUT2D eigenvalue weighted by atomic mass is 32.1. The zero-order valence-corrected chi connectivity index (χ0v) is 20.5. The molecule has 0 spiro atoms. The van der Waals surface area contributed by atoms with Crippen LogP contribution in [0, 0.1) is 13.8 Å². The highest BCUT2D eigenvalue weighted by Gasteiger charge is 2.45. The Morgan fingerprint density at radius 1 is 1.21 bits per heavy atom. The molecule has 1 atom stereocenters. The van der Waals surface area contributed by atoms with Gasteiger partial charge in [0.05, 0.1) is 22.2 Å². The predicted molar refractivity (Wildman–Crippen MR) is 130 cm³/mol. The first-order chi connectivity index (χ1) is 16.3. The smallest absolute Gasteiger partial charge is 0.290 e. The molecule has 1 aromatic carbocycles. The van der Waals surface area contributed by atoms with Gasteiger partial charge in [-0.15, -0.1) is 11.3 Å². The Morgan fingerprint density at radius 2 is 1.94 bits per heavy atom. The van der Waals surface area contributed by atoms with Crippen LogP contribution in [0.15, 0.2) is 58.2 Å². The number of thiazole rings is 1. The molecule has 3 aromatic rings. The van der Waals surface area contributed by atoms with Gasteiger partial charge in [0.1, 0.15) is 22.6 Å². The molecule has 4 rings (SSSR count). The first-order valence-corrected chi connectivity index (χ1v) is 12.1. The maximum atomic E-state index is 13.7. The van der Waals surface area contributed by atoms with Crippen LogP contribution in [0.2, 0.25) is 0 Å². The average molecular weight is 481 g/mol. The van der Waals surface area contributed by atoms with Crippen molar-refractivity contribution in [3.63, 3.8) is 0 Å². The Labute approximate surface area is 202 Å². The van der Waals surface area contributed by atoms with Gasteiger partial charge in [-0.2, -0.15) is 0 Å². The molecule has 1 unspecified atom stereocenters. The Bertz CT molecular complexity index is 1230. The standard InChI is InChI=1S/C26H28N2O5S/c1-15(2)32-14-8-13-28-21(19-12-11-16(3)33-19)20(23(30)26(28)31)22(29)24-17(4)27-25(34-24)18-9-6-5-7-10-18/h5-7,9-12,15,21,30H,8,13-14H2,1-4H3. The van der Waals surface area contributed by atoms with E-state index in [0.717, 1.165) is 5.56 Å². The number of Topliss-reactive ketones (excluding diaryl/α,β-unsaturated/α-hetero) is 1. The third kappa shape index (κ3) is 4.69. The van der Waals surface area contributed by atoms with Crippen molar-refractivity contribution >= 4 is 23.0 Å². The van der Waals surface area contributed by atoms with Crippen molar-refractivity contribution in [3.05, 3.63) is 75.9 Å². The summed E-state index contributed by atoms with van der Waals surface area (Å²) in [6.07, 6.45) is 0.640. The van der Waals surface area contributed by atoms with Crippen LogP contribution < -0.4 is 0 Å². The lowest BCUT2D eigenvalue weighted by molar-refractivity contribution is -0.129. The van der Waals surface area contributed by atoms with Crippen LogP contribution in [-0.2, 0) is 9.53 Å². The third-order valence-electron chi connectivity index (χ3n) is 5.60. The summed E-state index contributed by atoms with van der Waals surface area (Å²) in [5.74, 6) is -0.444. The van der Waals surface area contributed by atoms with Gasteiger partial charge >= 0.3 is 0 Å². The van der Waals surface area contributed by atoms with Gasteiger partial charge in [0.15, 0.2) is 5.76 Å². The molecule has 0 aliphatic carbocycles. The molecule has 0 saturated heterocycles. The lowest BCUT2D eigenvalue weighted by Gasteiger charge is -2.25. The van der Waals surface area contributed by atoms with Crippen molar-refractivity contribution in [2.45, 2.75) is 46.3 Å². The van der Waals surface area contributed by atoms with Gasteiger partial charge in [0.25, 0.3) is 5.91 Å². The summed E-state index contributed by atoms with van der Waals surface area (Å²) in [5, 5.41) is 11.5. The number of aliphatic hydroxyl groups excluding tert-OH is 1. The maximum absolute atomic E-state index is 13.7. The molecule has 3 heterocycles. The Balaban J connectivity index is 1.68. The van der Waals surface area contributed by atoms with Crippen molar-refractivity contribution in [2.75, 3.05) is 13.2 Å². The lowest BCUT2D eigenvalue weighted by atomic mass is 9.99. The first-order valence-electron chi connectivity index (χ1n) is 11.3. The predicted octanol–water partition coefficient (Wildman–Crippen LogP) is 5.41. The number of ether oxygens (including phenoxy) is 1. The zero-order chi connectivity index (χ0) is 24.4. The van der Waals surface area contributed by atoms with Gasteiger partial charge in [-0.25, -0.2) is 4.98 Å². The molecule has 1 N–H and O–H groups in total. The van der Waals surface area contributed by atoms with Crippen LogP contribution in [0.3, 0.4) is 0 Å². The summed E-state index contributed by atoms with van der Waals surface area (Å²) >= 11 is 1.25. The van der Waals surface area contributed by atoms with Crippen LogP contribution in [0.5, 0.6) is 0 Å². The number of hydrogen-bond donors (Lipinski definition) is 1. The molecule has 7 nitrogen and oxygen atoms in total. The van der Waals surface area contributed by atoms with Crippen molar-refractivity contribution in [1.82, 2.24) is 9.88 Å². The van der Waals surface area contributed by atoms with Crippen molar-refractivity contribution in [3.8, 4) is 10.6 Å². The number of carbonyl (C=O) groups excluding carboxylic acids is 2. The quantitative estimate of drug-likeness (QED) is 0.325. The number of carbonyl (C=O) groups is 2. The minimum absolute atomic E-state index is 0.0236. The third-order valence-corrected chi connectivity index (χ3v) is 6.80. The second-order valence-electron chi connectivity index (χ2n) is 8.51. The molecule has 0 fully saturated rings. The van der Waals surface area contributed by atoms with E-state index < -0.39 is 23.5 Å². The van der Waals surface area contributed by atoms with E-state index >= 15 is 0 Å². The zero-order valence-electron chi connectivity index (χ0n) is 19.7. The van der Waals surface area contributed by atoms with E-state index in [1.807, 2.05) is 44.2 Å². The maximum Gasteiger partial charge on any atom is 0.290 e. The number of furan rings is 1. The van der Waals surface area contributed by atoms with Crippen LogP contribution in [-0.4, -0.2) is 45.9 Å². The number of nitrogens with zero attached hydrogens (tertiary/aromatic N) is 2. The fraction of sp³-hybridized carbons (Fsp3) is 0.346. The van der Waals surface area contributed by atoms with Gasteiger partial charge in [0.2, 0.25) is 5.78 Å². The largest absolute Gasteiger partial charge is 0.503 e. The van der Waals surface area contributed by atoms with Gasteiger partial charge in [0, 0.05) is 18.7 Å². The molecular formula is C26H28N2O5S. The minimum atomic E-state index is -0.811. The molecule has 1 aliphatic rings. The summed E-state index contributed by atoms with van der Waals surface area (Å²) in [4.78, 5) is 33.2. The average Bonchev–Trinajstić information content (AvgIpc) is 3.48. The minimum Gasteiger partial charge on any atom is -0.503 e. The molecule has 0 radical (unpaired) electrons. The number of ketones is 1. The summed E-state index contributed by atoms with van der Waals surface area (Å²) < 4.78 is 11.4. The van der Waals surface area contributed by atoms with Gasteiger partial charge in [-0.05, 0) is 46.2 Å². The number of rotatable bonds is 9. The summed E-state index contributed by atoms with van der Waals surface area (Å²) in [5.41, 5.74) is 1.48. The highest BCUT2D eigenvalue weighted by Crippen LogP contribution is 2.41. The summed E-state index contributed by atoms with van der Waals surface area (Å²) in [6.45, 7) is 8.22. The Morgan fingerprint density at radius 3 is 2.59 bits per heavy atom. The molecule has 0 saturated carbocycles. The number of aliphatic hydroxyl groups is 1. The molecule has 1 amide bonds. The molecule has 0 bridgehead atoms. The van der Waals surface area contributed by atoms with Crippen LogP contribution in [0.1, 0.15) is 53.2 Å². The van der Waals surface area contributed by atoms with E-state index in [4.69, 9.17) is 9.15 Å². The van der Waals surface area contributed by atoms with E-state index in [-0.39, 0.29) is 11.7 Å². The monoisotopic (exact) mass is 480 g/mol. The highest BCUT2D eigenvalue weighted by molar-refractivity contribution is 7.17. The molecule has 34 heavy (non-hydrogen) atoms. The van der Waals surface area contributed by atoms with Crippen molar-refractivity contribution in [1.29, 1.82) is 0 Å². The molecule has 178 valence electrons. The second kappa shape index (κ2) is 9.95. The molecule has 1 aliphatic heterocycles. The number of aromatic nitrogens is 1. The van der Waals surface area contributed by atoms with E-state index in [1.54, 1.807) is 26.0 Å². The van der Waals surface area contributed by atoms with Gasteiger partial charge in [-0.1, -0.05) is 30.3 Å². The lowest BCUT2D eigenvalue weighted by Crippen LogP contribution is -2.32. The van der Waals surface area contributed by atoms with E-state index in [2.05, 4.69) is 4.98 Å². The van der Waals surface area contributed by atoms with Crippen LogP contribution >= 0.6 is 11.3 Å². The summed E-state index contributed by atoms with van der Waals surface area (Å²) in [7, 11) is 0. The topological polar surface area (TPSA) is 92.9 Å². The fourth-order valence-corrected chi connectivity index (χ4v) is 5.03.